The van der Waals surface area contributed by atoms with Crippen LogP contribution in [0.3, 0.4) is 0 Å². The van der Waals surface area contributed by atoms with Gasteiger partial charge >= 0.3 is 5.97 Å². The van der Waals surface area contributed by atoms with Crippen molar-refractivity contribution in [2.24, 2.45) is 7.05 Å². The second kappa shape index (κ2) is 8.28. The third kappa shape index (κ3) is 4.07. The number of esters is 1. The standard InChI is InChI=1S/C22H21ClN4O3/c1-13(16-5-3-4-6-17(16)23)30-21(29)12-19-22(25-26-27(19)2)15-7-9-18-14(11-15)8-10-20(28)24-18/h3-7,9,11,13H,8,10,12H2,1-2H3,(H,24,28)/t13-/m1/s1. The molecule has 4 rings (SSSR count). The molecule has 0 spiro atoms. The highest BCUT2D eigenvalue weighted by atomic mass is 35.5. The van der Waals surface area contributed by atoms with Crippen LogP contribution in [0.4, 0.5) is 5.69 Å². The van der Waals surface area contributed by atoms with Crippen LogP contribution in [0.1, 0.15) is 36.3 Å². The Morgan fingerprint density at radius 2 is 2.07 bits per heavy atom. The van der Waals surface area contributed by atoms with Gasteiger partial charge in [0, 0.05) is 35.3 Å². The van der Waals surface area contributed by atoms with Gasteiger partial charge in [-0.25, -0.2) is 0 Å². The number of aryl methyl sites for hydroxylation is 2. The van der Waals surface area contributed by atoms with Gasteiger partial charge in [0.25, 0.3) is 0 Å². The summed E-state index contributed by atoms with van der Waals surface area (Å²) in [6.07, 6.45) is 0.683. The van der Waals surface area contributed by atoms with E-state index in [2.05, 4.69) is 15.6 Å². The number of amides is 1. The van der Waals surface area contributed by atoms with E-state index in [1.54, 1.807) is 24.7 Å². The normalized spacial score (nSPS) is 14.0. The van der Waals surface area contributed by atoms with Gasteiger partial charge in [-0.3, -0.25) is 14.3 Å². The molecule has 1 atom stereocenters. The van der Waals surface area contributed by atoms with Gasteiger partial charge < -0.3 is 10.1 Å². The first-order chi connectivity index (χ1) is 14.4. The van der Waals surface area contributed by atoms with Gasteiger partial charge in [0.05, 0.1) is 12.1 Å². The summed E-state index contributed by atoms with van der Waals surface area (Å²) in [6.45, 7) is 1.79. The maximum absolute atomic E-state index is 12.6. The minimum absolute atomic E-state index is 0.0193. The number of fused-ring (bicyclic) bond motifs is 1. The lowest BCUT2D eigenvalue weighted by molar-refractivity contribution is -0.147. The van der Waals surface area contributed by atoms with Crippen LogP contribution in [0.25, 0.3) is 11.3 Å². The lowest BCUT2D eigenvalue weighted by Crippen LogP contribution is -2.18. The van der Waals surface area contributed by atoms with E-state index in [0.717, 1.165) is 22.4 Å². The Morgan fingerprint density at radius 3 is 2.87 bits per heavy atom. The second-order valence-electron chi connectivity index (χ2n) is 7.26. The minimum atomic E-state index is -0.469. The van der Waals surface area contributed by atoms with Crippen molar-refractivity contribution in [2.75, 3.05) is 5.32 Å². The molecule has 154 valence electrons. The number of carbonyl (C=O) groups is 2. The van der Waals surface area contributed by atoms with Crippen molar-refractivity contribution >= 4 is 29.2 Å². The van der Waals surface area contributed by atoms with Crippen LogP contribution < -0.4 is 5.32 Å². The average molecular weight is 425 g/mol. The van der Waals surface area contributed by atoms with E-state index in [9.17, 15) is 9.59 Å². The Bertz CT molecular complexity index is 1130. The van der Waals surface area contributed by atoms with E-state index in [1.807, 2.05) is 36.4 Å². The van der Waals surface area contributed by atoms with Crippen LogP contribution in [-0.4, -0.2) is 26.9 Å². The fourth-order valence-corrected chi connectivity index (χ4v) is 3.86. The Labute approximate surface area is 179 Å². The summed E-state index contributed by atoms with van der Waals surface area (Å²) in [5.74, 6) is -0.370. The van der Waals surface area contributed by atoms with Crippen LogP contribution >= 0.6 is 11.6 Å². The molecule has 0 aliphatic carbocycles. The Morgan fingerprint density at radius 1 is 1.27 bits per heavy atom. The van der Waals surface area contributed by atoms with Gasteiger partial charge in [-0.05, 0) is 37.1 Å². The molecule has 0 saturated carbocycles. The second-order valence-corrected chi connectivity index (χ2v) is 7.67. The number of hydrogen-bond acceptors (Lipinski definition) is 5. The fourth-order valence-electron chi connectivity index (χ4n) is 3.57. The minimum Gasteiger partial charge on any atom is -0.457 e. The summed E-state index contributed by atoms with van der Waals surface area (Å²) in [7, 11) is 1.75. The number of carbonyl (C=O) groups excluding carboxylic acids is 2. The van der Waals surface area contributed by atoms with E-state index < -0.39 is 6.10 Å². The third-order valence-corrected chi connectivity index (χ3v) is 5.52. The van der Waals surface area contributed by atoms with Crippen LogP contribution in [-0.2, 0) is 34.2 Å². The molecule has 0 unspecified atom stereocenters. The predicted octanol–water partition coefficient (Wildman–Crippen LogP) is 3.87. The molecular weight excluding hydrogens is 404 g/mol. The van der Waals surface area contributed by atoms with Crippen molar-refractivity contribution in [3.63, 3.8) is 0 Å². The molecule has 1 aliphatic rings. The Hall–Kier alpha value is -3.19. The van der Waals surface area contributed by atoms with Gasteiger partial charge in [0.1, 0.15) is 11.8 Å². The summed E-state index contributed by atoms with van der Waals surface area (Å²) in [5.41, 5.74) is 4.74. The lowest BCUT2D eigenvalue weighted by Gasteiger charge is -2.17. The zero-order chi connectivity index (χ0) is 21.3. The maximum Gasteiger partial charge on any atom is 0.312 e. The van der Waals surface area contributed by atoms with Crippen LogP contribution in [0.5, 0.6) is 0 Å². The smallest absolute Gasteiger partial charge is 0.312 e. The number of ether oxygens (including phenoxy) is 1. The number of aromatic nitrogens is 3. The highest BCUT2D eigenvalue weighted by molar-refractivity contribution is 6.31. The topological polar surface area (TPSA) is 86.1 Å². The zero-order valence-electron chi connectivity index (χ0n) is 16.7. The van der Waals surface area contributed by atoms with Gasteiger partial charge in [0.2, 0.25) is 5.91 Å². The molecule has 0 bridgehead atoms. The number of halogens is 1. The van der Waals surface area contributed by atoms with Gasteiger partial charge in [-0.1, -0.05) is 41.1 Å². The highest BCUT2D eigenvalue weighted by Crippen LogP contribution is 2.30. The van der Waals surface area contributed by atoms with Crippen LogP contribution in [0.2, 0.25) is 5.02 Å². The third-order valence-electron chi connectivity index (χ3n) is 5.18. The maximum atomic E-state index is 12.6. The molecule has 1 N–H and O–H groups in total. The summed E-state index contributed by atoms with van der Waals surface area (Å²) < 4.78 is 7.18. The molecule has 0 radical (unpaired) electrons. The quantitative estimate of drug-likeness (QED) is 0.628. The van der Waals surface area contributed by atoms with E-state index >= 15 is 0 Å². The number of benzene rings is 2. The van der Waals surface area contributed by atoms with Crippen molar-refractivity contribution < 1.29 is 14.3 Å². The first-order valence-corrected chi connectivity index (χ1v) is 10.1. The molecule has 2 aromatic carbocycles. The van der Waals surface area contributed by atoms with Crippen molar-refractivity contribution in [1.82, 2.24) is 15.0 Å². The Balaban J connectivity index is 1.54. The molecule has 2 heterocycles. The molecule has 1 aliphatic heterocycles. The first-order valence-electron chi connectivity index (χ1n) is 9.68. The van der Waals surface area contributed by atoms with E-state index in [1.165, 1.54) is 0 Å². The van der Waals surface area contributed by atoms with Gasteiger partial charge in [-0.2, -0.15) is 0 Å². The molecule has 3 aromatic rings. The van der Waals surface area contributed by atoms with Gasteiger partial charge in [0.15, 0.2) is 0 Å². The van der Waals surface area contributed by atoms with Crippen molar-refractivity contribution in [3.05, 3.63) is 64.3 Å². The summed E-state index contributed by atoms with van der Waals surface area (Å²) in [4.78, 5) is 24.2. The van der Waals surface area contributed by atoms with E-state index in [-0.39, 0.29) is 18.3 Å². The SMILES string of the molecule is C[C@@H](OC(=O)Cc1c(-c2ccc3c(c2)CCC(=O)N3)nnn1C)c1ccccc1Cl. The predicted molar refractivity (Wildman–Crippen MR) is 113 cm³/mol. The Kier molecular flexibility index (Phi) is 5.55. The summed E-state index contributed by atoms with van der Waals surface area (Å²) in [5, 5.41) is 11.8. The van der Waals surface area contributed by atoms with Crippen LogP contribution in [0, 0.1) is 0 Å². The van der Waals surface area contributed by atoms with Crippen LogP contribution in [0.15, 0.2) is 42.5 Å². The molecule has 30 heavy (non-hydrogen) atoms. The molecule has 0 saturated heterocycles. The summed E-state index contributed by atoms with van der Waals surface area (Å²) in [6, 6.07) is 13.0. The molecular formula is C22H21ClN4O3. The summed E-state index contributed by atoms with van der Waals surface area (Å²) >= 11 is 6.20. The van der Waals surface area contributed by atoms with E-state index in [4.69, 9.17) is 16.3 Å². The van der Waals surface area contributed by atoms with Gasteiger partial charge in [-0.15, -0.1) is 5.10 Å². The highest BCUT2D eigenvalue weighted by Gasteiger charge is 2.22. The largest absolute Gasteiger partial charge is 0.457 e. The fraction of sp³-hybridized carbons (Fsp3) is 0.273. The average Bonchev–Trinajstić information content (AvgIpc) is 3.08. The molecule has 0 fully saturated rings. The van der Waals surface area contributed by atoms with E-state index in [0.29, 0.717) is 29.3 Å². The number of nitrogens with one attached hydrogen (secondary N) is 1. The number of hydrogen-bond donors (Lipinski definition) is 1. The van der Waals surface area contributed by atoms with Crippen molar-refractivity contribution in [1.29, 1.82) is 0 Å². The monoisotopic (exact) mass is 424 g/mol. The molecule has 1 aromatic heterocycles. The number of anilines is 1. The lowest BCUT2D eigenvalue weighted by atomic mass is 9.98. The first kappa shape index (κ1) is 20.1. The number of rotatable bonds is 5. The molecule has 8 heteroatoms. The molecule has 7 nitrogen and oxygen atoms in total. The number of nitrogens with zero attached hydrogens (tertiary/aromatic N) is 3. The van der Waals surface area contributed by atoms with Crippen molar-refractivity contribution in [3.8, 4) is 11.3 Å². The molecule has 1 amide bonds. The zero-order valence-corrected chi connectivity index (χ0v) is 17.4. The van der Waals surface area contributed by atoms with Crippen molar-refractivity contribution in [2.45, 2.75) is 32.3 Å².